The van der Waals surface area contributed by atoms with E-state index < -0.39 is 0 Å². The van der Waals surface area contributed by atoms with Crippen LogP contribution < -0.4 is 4.90 Å². The van der Waals surface area contributed by atoms with Gasteiger partial charge in [0.25, 0.3) is 0 Å². The van der Waals surface area contributed by atoms with Gasteiger partial charge in [-0.3, -0.25) is 9.59 Å². The number of hydrogen-bond donors (Lipinski definition) is 0. The third-order valence-corrected chi connectivity index (χ3v) is 6.45. The molecule has 1 saturated heterocycles. The lowest BCUT2D eigenvalue weighted by Crippen LogP contribution is -2.35. The van der Waals surface area contributed by atoms with Crippen LogP contribution in [0.1, 0.15) is 24.0 Å². The predicted octanol–water partition coefficient (Wildman–Crippen LogP) is 3.01. The Kier molecular flexibility index (Phi) is 2.13. The van der Waals surface area contributed by atoms with Gasteiger partial charge in [-0.15, -0.1) is 0 Å². The minimum Gasteiger partial charge on any atom is -0.274 e. The monoisotopic (exact) mass is 293 g/mol. The van der Waals surface area contributed by atoms with Gasteiger partial charge in [-0.2, -0.15) is 0 Å². The fourth-order valence-electron chi connectivity index (χ4n) is 5.37. The van der Waals surface area contributed by atoms with Crippen LogP contribution in [0, 0.1) is 42.9 Å². The molecule has 2 amide bonds. The molecule has 2 saturated carbocycles. The van der Waals surface area contributed by atoms with E-state index in [-0.39, 0.29) is 29.1 Å². The van der Waals surface area contributed by atoms with E-state index in [0.29, 0.717) is 11.8 Å². The van der Waals surface area contributed by atoms with E-state index in [0.717, 1.165) is 16.8 Å². The maximum Gasteiger partial charge on any atom is 0.238 e. The quantitative estimate of drug-likeness (QED) is 0.589. The Hall–Kier alpha value is -1.90. The first-order valence-electron chi connectivity index (χ1n) is 8.18. The van der Waals surface area contributed by atoms with Gasteiger partial charge in [0.05, 0.1) is 17.5 Å². The van der Waals surface area contributed by atoms with Gasteiger partial charge >= 0.3 is 0 Å². The molecule has 0 N–H and O–H groups in total. The Morgan fingerprint density at radius 1 is 1.00 bits per heavy atom. The predicted molar refractivity (Wildman–Crippen MR) is 83.2 cm³/mol. The molecular weight excluding hydrogens is 274 g/mol. The van der Waals surface area contributed by atoms with Crippen molar-refractivity contribution in [1.29, 1.82) is 0 Å². The molecule has 1 heterocycles. The first kappa shape index (κ1) is 12.6. The van der Waals surface area contributed by atoms with Gasteiger partial charge in [0.15, 0.2) is 0 Å². The minimum absolute atomic E-state index is 0.0325. The number of nitrogens with zero attached hydrogens (tertiary/aromatic N) is 1. The van der Waals surface area contributed by atoms with Crippen molar-refractivity contribution < 1.29 is 9.59 Å². The molecule has 0 radical (unpaired) electrons. The maximum absolute atomic E-state index is 13.0. The van der Waals surface area contributed by atoms with Crippen molar-refractivity contribution in [3.05, 3.63) is 41.5 Å². The van der Waals surface area contributed by atoms with Crippen LogP contribution in [0.3, 0.4) is 0 Å². The number of imide groups is 1. The van der Waals surface area contributed by atoms with Crippen molar-refractivity contribution in [2.24, 2.45) is 29.1 Å². The molecule has 1 aromatic rings. The lowest BCUT2D eigenvalue weighted by atomic mass is 9.85. The van der Waals surface area contributed by atoms with E-state index in [2.05, 4.69) is 12.2 Å². The van der Waals surface area contributed by atoms with E-state index in [1.807, 2.05) is 32.0 Å². The molecule has 22 heavy (non-hydrogen) atoms. The second kappa shape index (κ2) is 3.70. The number of fused-ring (bicyclic) bond motifs is 3. The van der Waals surface area contributed by atoms with Crippen molar-refractivity contribution in [1.82, 2.24) is 0 Å². The number of rotatable bonds is 1. The van der Waals surface area contributed by atoms with Gasteiger partial charge in [-0.25, -0.2) is 4.90 Å². The fourth-order valence-corrected chi connectivity index (χ4v) is 5.37. The van der Waals surface area contributed by atoms with Gasteiger partial charge in [0, 0.05) is 0 Å². The Bertz CT molecular complexity index is 725. The Labute approximate surface area is 130 Å². The number of anilines is 1. The third-order valence-electron chi connectivity index (χ3n) is 6.45. The average Bonchev–Trinajstić information content (AvgIpc) is 3.07. The first-order chi connectivity index (χ1) is 10.5. The highest BCUT2D eigenvalue weighted by molar-refractivity contribution is 6.23. The highest BCUT2D eigenvalue weighted by Crippen LogP contribution is 2.73. The number of allylic oxidation sites excluding steroid dienone is 2. The standard InChI is InChI=1S/C19H19NO2/c1-10-3-6-14(11(2)9-10)20-17(21)15-12-4-5-13(16(15)18(20)22)19(12)7-8-19/h3-6,9,12-13,15-16H,7-8H2,1-2H3/t12-,13-,15+,16+/m1/s1. The van der Waals surface area contributed by atoms with E-state index in [1.165, 1.54) is 17.7 Å². The summed E-state index contributed by atoms with van der Waals surface area (Å²) < 4.78 is 0. The first-order valence-corrected chi connectivity index (χ1v) is 8.18. The van der Waals surface area contributed by atoms with Gasteiger partial charge < -0.3 is 0 Å². The van der Waals surface area contributed by atoms with Crippen LogP contribution in [-0.4, -0.2) is 11.8 Å². The summed E-state index contributed by atoms with van der Waals surface area (Å²) in [5.41, 5.74) is 3.20. The molecule has 5 rings (SSSR count). The Morgan fingerprint density at radius 3 is 2.09 bits per heavy atom. The molecular formula is C19H19NO2. The molecule has 1 aliphatic heterocycles. The van der Waals surface area contributed by atoms with Crippen molar-refractivity contribution in [2.75, 3.05) is 4.90 Å². The largest absolute Gasteiger partial charge is 0.274 e. The van der Waals surface area contributed by atoms with Crippen LogP contribution in [0.25, 0.3) is 0 Å². The normalized spacial score (nSPS) is 36.5. The van der Waals surface area contributed by atoms with Crippen molar-refractivity contribution in [3.8, 4) is 0 Å². The molecule has 0 unspecified atom stereocenters. The number of aryl methyl sites for hydroxylation is 2. The van der Waals surface area contributed by atoms with Crippen molar-refractivity contribution >= 4 is 17.5 Å². The fraction of sp³-hybridized carbons (Fsp3) is 0.474. The summed E-state index contributed by atoms with van der Waals surface area (Å²) >= 11 is 0. The van der Waals surface area contributed by atoms with Gasteiger partial charge in [0.1, 0.15) is 0 Å². The van der Waals surface area contributed by atoms with Gasteiger partial charge in [-0.05, 0) is 55.6 Å². The lowest BCUT2D eigenvalue weighted by Gasteiger charge is -2.23. The molecule has 3 aliphatic carbocycles. The summed E-state index contributed by atoms with van der Waals surface area (Å²) in [5.74, 6) is 0.455. The van der Waals surface area contributed by atoms with E-state index >= 15 is 0 Å². The number of benzene rings is 1. The van der Waals surface area contributed by atoms with Crippen LogP contribution in [0.4, 0.5) is 5.69 Å². The molecule has 4 atom stereocenters. The molecule has 1 spiro atoms. The van der Waals surface area contributed by atoms with Gasteiger partial charge in [-0.1, -0.05) is 29.8 Å². The summed E-state index contributed by atoms with van der Waals surface area (Å²) in [5, 5.41) is 0. The third kappa shape index (κ3) is 1.25. The second-order valence-electron chi connectivity index (χ2n) is 7.52. The maximum atomic E-state index is 13.0. The average molecular weight is 293 g/mol. The molecule has 3 fully saturated rings. The van der Waals surface area contributed by atoms with Gasteiger partial charge in [0.2, 0.25) is 11.8 Å². The summed E-state index contributed by atoms with van der Waals surface area (Å²) in [6.45, 7) is 4.01. The molecule has 0 aromatic heterocycles. The highest BCUT2D eigenvalue weighted by Gasteiger charge is 2.73. The van der Waals surface area contributed by atoms with E-state index in [4.69, 9.17) is 0 Å². The van der Waals surface area contributed by atoms with Crippen LogP contribution in [0.2, 0.25) is 0 Å². The number of carbonyl (C=O) groups excluding carboxylic acids is 2. The van der Waals surface area contributed by atoms with Crippen LogP contribution in [0.5, 0.6) is 0 Å². The van der Waals surface area contributed by atoms with Crippen molar-refractivity contribution in [2.45, 2.75) is 26.7 Å². The highest BCUT2D eigenvalue weighted by atomic mass is 16.2. The molecule has 3 nitrogen and oxygen atoms in total. The summed E-state index contributed by atoms with van der Waals surface area (Å²) in [6.07, 6.45) is 6.81. The van der Waals surface area contributed by atoms with Crippen LogP contribution in [-0.2, 0) is 9.59 Å². The SMILES string of the molecule is Cc1ccc(N2C(=O)[C@@H]3[C@@H](C2=O)[C@H]2C=C[C@H]3C23CC3)c(C)c1. The van der Waals surface area contributed by atoms with Crippen LogP contribution in [0.15, 0.2) is 30.4 Å². The minimum atomic E-state index is -0.106. The number of carbonyl (C=O) groups is 2. The topological polar surface area (TPSA) is 37.4 Å². The number of hydrogen-bond acceptors (Lipinski definition) is 2. The molecule has 3 heteroatoms. The zero-order valence-corrected chi connectivity index (χ0v) is 12.9. The summed E-state index contributed by atoms with van der Waals surface area (Å²) in [4.78, 5) is 27.5. The zero-order chi connectivity index (χ0) is 15.2. The smallest absolute Gasteiger partial charge is 0.238 e. The van der Waals surface area contributed by atoms with Crippen molar-refractivity contribution in [3.63, 3.8) is 0 Å². The van der Waals surface area contributed by atoms with E-state index in [1.54, 1.807) is 0 Å². The molecule has 1 aromatic carbocycles. The summed E-state index contributed by atoms with van der Waals surface area (Å²) in [6, 6.07) is 5.94. The Balaban J connectivity index is 1.59. The zero-order valence-electron chi connectivity index (χ0n) is 12.9. The molecule has 112 valence electrons. The lowest BCUT2D eigenvalue weighted by molar-refractivity contribution is -0.123. The number of amides is 2. The Morgan fingerprint density at radius 2 is 1.59 bits per heavy atom. The molecule has 2 bridgehead atoms. The second-order valence-corrected chi connectivity index (χ2v) is 7.52. The summed E-state index contributed by atoms with van der Waals surface area (Å²) in [7, 11) is 0. The molecule has 4 aliphatic rings. The van der Waals surface area contributed by atoms with E-state index in [9.17, 15) is 9.59 Å². The van der Waals surface area contributed by atoms with Crippen LogP contribution >= 0.6 is 0 Å².